The quantitative estimate of drug-likeness (QED) is 0.650. The largest absolute Gasteiger partial charge is 0.322 e. The number of benzene rings is 1. The van der Waals surface area contributed by atoms with Crippen LogP contribution >= 0.6 is 0 Å². The van der Waals surface area contributed by atoms with Gasteiger partial charge < -0.3 is 15.5 Å². The molecule has 1 unspecified atom stereocenters. The highest BCUT2D eigenvalue weighted by molar-refractivity contribution is 6.05. The van der Waals surface area contributed by atoms with Gasteiger partial charge in [0.25, 0.3) is 5.91 Å². The Morgan fingerprint density at radius 3 is 2.76 bits per heavy atom. The molecular weight excluding hydrogens is 320 g/mol. The van der Waals surface area contributed by atoms with Crippen molar-refractivity contribution < 1.29 is 14.4 Å². The van der Waals surface area contributed by atoms with E-state index in [0.717, 1.165) is 24.2 Å². The van der Waals surface area contributed by atoms with Crippen LogP contribution in [0.15, 0.2) is 18.2 Å². The van der Waals surface area contributed by atoms with Crippen molar-refractivity contribution in [2.75, 3.05) is 13.1 Å². The van der Waals surface area contributed by atoms with E-state index < -0.39 is 6.04 Å². The average molecular weight is 342 g/mol. The number of carbonyl (C=O) groups excluding carboxylic acids is 3. The van der Waals surface area contributed by atoms with Gasteiger partial charge in [0.2, 0.25) is 11.8 Å². The van der Waals surface area contributed by atoms with Gasteiger partial charge in [0.05, 0.1) is 0 Å². The molecule has 2 saturated heterocycles. The number of piperidine rings is 1. The van der Waals surface area contributed by atoms with Gasteiger partial charge in [0.1, 0.15) is 6.04 Å². The Balaban J connectivity index is 1.47. The Bertz CT molecular complexity index is 729. The summed E-state index contributed by atoms with van der Waals surface area (Å²) in [6.45, 7) is 3.13. The summed E-state index contributed by atoms with van der Waals surface area (Å²) in [7, 11) is 0. The summed E-state index contributed by atoms with van der Waals surface area (Å²) < 4.78 is 0. The van der Waals surface area contributed by atoms with Gasteiger partial charge in [-0.15, -0.1) is 0 Å². The van der Waals surface area contributed by atoms with Crippen LogP contribution in [0.5, 0.6) is 0 Å². The van der Waals surface area contributed by atoms with E-state index in [2.05, 4.69) is 16.0 Å². The molecule has 0 aliphatic carbocycles. The Morgan fingerprint density at radius 1 is 1.20 bits per heavy atom. The highest BCUT2D eigenvalue weighted by atomic mass is 16.2. The first-order valence-corrected chi connectivity index (χ1v) is 8.83. The number of nitrogens with zero attached hydrogens (tertiary/aromatic N) is 1. The van der Waals surface area contributed by atoms with Gasteiger partial charge in [0.15, 0.2) is 0 Å². The van der Waals surface area contributed by atoms with Crippen LogP contribution in [-0.4, -0.2) is 47.8 Å². The molecule has 3 heterocycles. The fourth-order valence-electron chi connectivity index (χ4n) is 3.72. The first-order valence-electron chi connectivity index (χ1n) is 8.83. The number of nitrogens with one attached hydrogen (secondary N) is 3. The number of carbonyl (C=O) groups is 3. The lowest BCUT2D eigenvalue weighted by Crippen LogP contribution is -2.52. The molecule has 2 fully saturated rings. The van der Waals surface area contributed by atoms with Crippen LogP contribution in [0.25, 0.3) is 0 Å². The predicted octanol–water partition coefficient (Wildman–Crippen LogP) is -0.101. The van der Waals surface area contributed by atoms with Crippen LogP contribution in [0, 0.1) is 0 Å². The third-order valence-electron chi connectivity index (χ3n) is 5.31. The van der Waals surface area contributed by atoms with E-state index in [-0.39, 0.29) is 24.1 Å². The van der Waals surface area contributed by atoms with Crippen LogP contribution in [-0.2, 0) is 22.7 Å². The average Bonchev–Trinajstić information content (AvgIpc) is 2.88. The number of imide groups is 1. The highest BCUT2D eigenvalue weighted by Crippen LogP contribution is 2.29. The maximum atomic E-state index is 12.7. The SMILES string of the molecule is O=C1CCC(N2Cc3c(CNC[C@@H]4CCN4)cccc3C2=O)C(=O)N1. The lowest BCUT2D eigenvalue weighted by atomic mass is 10.0. The number of rotatable bonds is 5. The van der Waals surface area contributed by atoms with E-state index in [1.54, 1.807) is 4.90 Å². The Labute approximate surface area is 146 Å². The van der Waals surface area contributed by atoms with Gasteiger partial charge in [-0.05, 0) is 36.6 Å². The first kappa shape index (κ1) is 16.2. The summed E-state index contributed by atoms with van der Waals surface area (Å²) in [6.07, 6.45) is 1.87. The van der Waals surface area contributed by atoms with Crippen molar-refractivity contribution in [3.05, 3.63) is 34.9 Å². The minimum Gasteiger partial charge on any atom is -0.322 e. The van der Waals surface area contributed by atoms with Gasteiger partial charge in [-0.1, -0.05) is 12.1 Å². The lowest BCUT2D eigenvalue weighted by Gasteiger charge is -2.29. The normalized spacial score (nSPS) is 25.6. The maximum Gasteiger partial charge on any atom is 0.255 e. The summed E-state index contributed by atoms with van der Waals surface area (Å²) in [4.78, 5) is 37.8. The highest BCUT2D eigenvalue weighted by Gasteiger charge is 2.39. The Morgan fingerprint density at radius 2 is 2.04 bits per heavy atom. The summed E-state index contributed by atoms with van der Waals surface area (Å²) in [6, 6.07) is 5.72. The van der Waals surface area contributed by atoms with Gasteiger partial charge in [0, 0.05) is 37.7 Å². The number of hydrogen-bond acceptors (Lipinski definition) is 5. The van der Waals surface area contributed by atoms with E-state index in [1.165, 1.54) is 6.42 Å². The topological polar surface area (TPSA) is 90.5 Å². The molecule has 4 rings (SSSR count). The molecule has 1 aromatic rings. The summed E-state index contributed by atoms with van der Waals surface area (Å²) in [5.74, 6) is -0.750. The van der Waals surface area contributed by atoms with Gasteiger partial charge in [-0.2, -0.15) is 0 Å². The van der Waals surface area contributed by atoms with Crippen molar-refractivity contribution in [2.45, 2.75) is 44.4 Å². The zero-order chi connectivity index (χ0) is 17.4. The number of hydrogen-bond donors (Lipinski definition) is 3. The molecule has 0 radical (unpaired) electrons. The van der Waals surface area contributed by atoms with Crippen molar-refractivity contribution in [1.29, 1.82) is 0 Å². The van der Waals surface area contributed by atoms with Crippen molar-refractivity contribution in [3.8, 4) is 0 Å². The smallest absolute Gasteiger partial charge is 0.255 e. The van der Waals surface area contributed by atoms with E-state index in [4.69, 9.17) is 0 Å². The molecular formula is C18H22N4O3. The second-order valence-electron chi connectivity index (χ2n) is 6.91. The van der Waals surface area contributed by atoms with Crippen LogP contribution in [0.3, 0.4) is 0 Å². The van der Waals surface area contributed by atoms with Crippen molar-refractivity contribution in [1.82, 2.24) is 20.9 Å². The van der Waals surface area contributed by atoms with E-state index >= 15 is 0 Å². The fourth-order valence-corrected chi connectivity index (χ4v) is 3.72. The Hall–Kier alpha value is -2.25. The maximum absolute atomic E-state index is 12.7. The third kappa shape index (κ3) is 3.05. The molecule has 0 aromatic heterocycles. The summed E-state index contributed by atoms with van der Waals surface area (Å²) in [5.41, 5.74) is 2.76. The molecule has 0 spiro atoms. The lowest BCUT2D eigenvalue weighted by molar-refractivity contribution is -0.136. The molecule has 0 saturated carbocycles. The molecule has 3 aliphatic heterocycles. The molecule has 3 amide bonds. The molecule has 3 aliphatic rings. The predicted molar refractivity (Wildman–Crippen MR) is 90.6 cm³/mol. The van der Waals surface area contributed by atoms with Crippen molar-refractivity contribution in [3.63, 3.8) is 0 Å². The molecule has 132 valence electrons. The second kappa shape index (κ2) is 6.57. The standard InChI is InChI=1S/C18H22N4O3/c23-16-5-4-15(17(24)21-16)22-10-14-11(2-1-3-13(14)18(22)25)8-19-9-12-6-7-20-12/h1-3,12,15,19-20H,4-10H2,(H,21,23,24)/t12-,15?/m0/s1. The van der Waals surface area contributed by atoms with Crippen LogP contribution in [0.2, 0.25) is 0 Å². The van der Waals surface area contributed by atoms with E-state index in [9.17, 15) is 14.4 Å². The third-order valence-corrected chi connectivity index (χ3v) is 5.31. The number of amides is 3. The first-order chi connectivity index (χ1) is 12.1. The fraction of sp³-hybridized carbons (Fsp3) is 0.500. The van der Waals surface area contributed by atoms with Gasteiger partial charge in [-0.3, -0.25) is 19.7 Å². The zero-order valence-corrected chi connectivity index (χ0v) is 14.0. The molecule has 0 bridgehead atoms. The molecule has 7 nitrogen and oxygen atoms in total. The van der Waals surface area contributed by atoms with E-state index in [1.807, 2.05) is 18.2 Å². The Kier molecular flexibility index (Phi) is 4.27. The second-order valence-corrected chi connectivity index (χ2v) is 6.91. The van der Waals surface area contributed by atoms with Gasteiger partial charge in [-0.25, -0.2) is 0 Å². The summed E-state index contributed by atoms with van der Waals surface area (Å²) in [5, 5.41) is 9.13. The number of fused-ring (bicyclic) bond motifs is 1. The minimum atomic E-state index is -0.558. The molecule has 25 heavy (non-hydrogen) atoms. The van der Waals surface area contributed by atoms with Gasteiger partial charge >= 0.3 is 0 Å². The van der Waals surface area contributed by atoms with Crippen molar-refractivity contribution in [2.24, 2.45) is 0 Å². The van der Waals surface area contributed by atoms with Crippen LogP contribution in [0.4, 0.5) is 0 Å². The molecule has 2 atom stereocenters. The zero-order valence-electron chi connectivity index (χ0n) is 14.0. The van der Waals surface area contributed by atoms with Crippen molar-refractivity contribution >= 4 is 17.7 Å². The monoisotopic (exact) mass is 342 g/mol. The summed E-state index contributed by atoms with van der Waals surface area (Å²) >= 11 is 0. The molecule has 3 N–H and O–H groups in total. The van der Waals surface area contributed by atoms with Crippen LogP contribution < -0.4 is 16.0 Å². The molecule has 7 heteroatoms. The minimum absolute atomic E-state index is 0.119. The van der Waals surface area contributed by atoms with E-state index in [0.29, 0.717) is 31.1 Å². The van der Waals surface area contributed by atoms with Crippen LogP contribution in [0.1, 0.15) is 40.7 Å². The molecule has 1 aromatic carbocycles.